The molecule has 120 valence electrons. The van der Waals surface area contributed by atoms with Gasteiger partial charge >= 0.3 is 0 Å². The van der Waals surface area contributed by atoms with Crippen LogP contribution in [0, 0.1) is 0 Å². The lowest BCUT2D eigenvalue weighted by Gasteiger charge is -2.42. The lowest BCUT2D eigenvalue weighted by Crippen LogP contribution is -2.40. The quantitative estimate of drug-likeness (QED) is 0.784. The molecule has 3 aliphatic rings. The van der Waals surface area contributed by atoms with Crippen LogP contribution in [0.25, 0.3) is 0 Å². The second kappa shape index (κ2) is 5.46. The Morgan fingerprint density at radius 1 is 1.35 bits per heavy atom. The molecule has 0 aliphatic carbocycles. The summed E-state index contributed by atoms with van der Waals surface area (Å²) in [5.41, 5.74) is 5.10. The van der Waals surface area contributed by atoms with E-state index in [4.69, 9.17) is 14.2 Å². The van der Waals surface area contributed by atoms with Crippen molar-refractivity contribution in [2.24, 2.45) is 0 Å². The Balaban J connectivity index is 1.70. The summed E-state index contributed by atoms with van der Waals surface area (Å²) in [6.07, 6.45) is 3.98. The number of methoxy groups -OCH3 is 1. The van der Waals surface area contributed by atoms with Crippen molar-refractivity contribution in [3.8, 4) is 11.5 Å². The van der Waals surface area contributed by atoms with Gasteiger partial charge in [-0.2, -0.15) is 0 Å². The summed E-state index contributed by atoms with van der Waals surface area (Å²) in [6.45, 7) is 10.4. The van der Waals surface area contributed by atoms with Gasteiger partial charge in [0.15, 0.2) is 11.5 Å². The molecule has 0 amide bonds. The van der Waals surface area contributed by atoms with Crippen molar-refractivity contribution in [3.63, 3.8) is 0 Å². The Labute approximate surface area is 136 Å². The number of allylic oxidation sites excluding steroid dienone is 1. The van der Waals surface area contributed by atoms with Gasteiger partial charge in [0.05, 0.1) is 7.11 Å². The van der Waals surface area contributed by atoms with Crippen molar-refractivity contribution in [3.05, 3.63) is 59.4 Å². The van der Waals surface area contributed by atoms with Gasteiger partial charge in [0.25, 0.3) is 0 Å². The minimum atomic E-state index is 0.322. The summed E-state index contributed by atoms with van der Waals surface area (Å²) in [7, 11) is 1.65. The number of hydrogen-bond acceptors (Lipinski definition) is 4. The number of ether oxygens (including phenoxy) is 3. The second-order valence-electron chi connectivity index (χ2n) is 6.29. The van der Waals surface area contributed by atoms with E-state index < -0.39 is 0 Å². The fraction of sp³-hybridized carbons (Fsp3) is 0.368. The molecule has 0 saturated carbocycles. The Kier molecular flexibility index (Phi) is 3.42. The molecule has 0 bridgehead atoms. The van der Waals surface area contributed by atoms with E-state index in [2.05, 4.69) is 30.2 Å². The predicted octanol–water partition coefficient (Wildman–Crippen LogP) is 3.36. The van der Waals surface area contributed by atoms with Crippen LogP contribution in [0.15, 0.2) is 48.3 Å². The van der Waals surface area contributed by atoms with Crippen LogP contribution in [0.4, 0.5) is 0 Å². The molecule has 1 atom stereocenters. The number of benzene rings is 1. The highest BCUT2D eigenvalue weighted by Gasteiger charge is 2.34. The summed E-state index contributed by atoms with van der Waals surface area (Å²) in [4.78, 5) is 2.50. The first kappa shape index (κ1) is 14.4. The maximum absolute atomic E-state index is 5.57. The van der Waals surface area contributed by atoms with Crippen molar-refractivity contribution in [2.45, 2.75) is 18.9 Å². The largest absolute Gasteiger partial charge is 0.497 e. The molecule has 23 heavy (non-hydrogen) atoms. The second-order valence-corrected chi connectivity index (χ2v) is 6.29. The van der Waals surface area contributed by atoms with Crippen LogP contribution in [0.1, 0.15) is 23.6 Å². The summed E-state index contributed by atoms with van der Waals surface area (Å²) < 4.78 is 16.3. The normalized spacial score (nSPS) is 24.3. The van der Waals surface area contributed by atoms with Crippen LogP contribution in [0.5, 0.6) is 11.5 Å². The molecule has 4 nitrogen and oxygen atoms in total. The molecular formula is C19H21NO3. The Hall–Kier alpha value is -2.20. The third-order valence-electron chi connectivity index (χ3n) is 4.96. The number of piperidine rings is 1. The zero-order valence-corrected chi connectivity index (χ0v) is 13.4. The van der Waals surface area contributed by atoms with E-state index in [1.54, 1.807) is 7.11 Å². The molecule has 1 fully saturated rings. The molecule has 3 aliphatic heterocycles. The van der Waals surface area contributed by atoms with E-state index in [1.807, 2.05) is 6.08 Å². The predicted molar refractivity (Wildman–Crippen MR) is 88.6 cm³/mol. The minimum absolute atomic E-state index is 0.322. The maximum atomic E-state index is 5.57. The Morgan fingerprint density at radius 2 is 2.13 bits per heavy atom. The van der Waals surface area contributed by atoms with Crippen LogP contribution in [0.2, 0.25) is 0 Å². The van der Waals surface area contributed by atoms with Crippen molar-refractivity contribution in [2.75, 3.05) is 27.0 Å². The molecule has 1 unspecified atom stereocenters. The number of hydrogen-bond donors (Lipinski definition) is 0. The van der Waals surface area contributed by atoms with E-state index in [1.165, 1.54) is 16.7 Å². The molecule has 4 heteroatoms. The standard InChI is InChI=1S/C19H21NO3/c1-12-10-20-5-4-14-8-18-19(23-11-22-18)9-16(14)17(20)7-15(12)6-13(2)21-3/h6,8-9,17H,1-2,4-5,7,10-11H2,3H3. The van der Waals surface area contributed by atoms with Crippen molar-refractivity contribution in [1.82, 2.24) is 4.90 Å². The molecular weight excluding hydrogens is 290 g/mol. The van der Waals surface area contributed by atoms with Gasteiger partial charge in [0, 0.05) is 19.1 Å². The van der Waals surface area contributed by atoms with Gasteiger partial charge in [-0.15, -0.1) is 0 Å². The van der Waals surface area contributed by atoms with Crippen molar-refractivity contribution >= 4 is 0 Å². The highest BCUT2D eigenvalue weighted by Crippen LogP contribution is 2.45. The van der Waals surface area contributed by atoms with Gasteiger partial charge in [0.1, 0.15) is 5.76 Å². The lowest BCUT2D eigenvalue weighted by molar-refractivity contribution is 0.173. The monoisotopic (exact) mass is 311 g/mol. The van der Waals surface area contributed by atoms with Gasteiger partial charge in [0.2, 0.25) is 6.79 Å². The molecule has 0 spiro atoms. The first-order chi connectivity index (χ1) is 11.2. The van der Waals surface area contributed by atoms with E-state index in [0.717, 1.165) is 43.0 Å². The fourth-order valence-corrected chi connectivity index (χ4v) is 3.68. The fourth-order valence-electron chi connectivity index (χ4n) is 3.68. The summed E-state index contributed by atoms with van der Waals surface area (Å²) >= 11 is 0. The van der Waals surface area contributed by atoms with E-state index >= 15 is 0 Å². The lowest BCUT2D eigenvalue weighted by atomic mass is 9.83. The van der Waals surface area contributed by atoms with Crippen LogP contribution in [-0.4, -0.2) is 31.9 Å². The van der Waals surface area contributed by atoms with Crippen LogP contribution in [-0.2, 0) is 11.2 Å². The summed E-state index contributed by atoms with van der Waals surface area (Å²) in [6, 6.07) is 4.66. The smallest absolute Gasteiger partial charge is 0.231 e. The molecule has 1 aromatic rings. The number of nitrogens with zero attached hydrogens (tertiary/aromatic N) is 1. The van der Waals surface area contributed by atoms with Crippen LogP contribution < -0.4 is 9.47 Å². The average Bonchev–Trinajstić information content (AvgIpc) is 3.01. The topological polar surface area (TPSA) is 30.9 Å². The van der Waals surface area contributed by atoms with E-state index in [0.29, 0.717) is 18.6 Å². The SMILES string of the molecule is C=C(C=C1CC2c3cc4c(cc3CCN2CC1=C)OCO4)OC. The molecule has 1 saturated heterocycles. The molecule has 0 radical (unpaired) electrons. The first-order valence-corrected chi connectivity index (χ1v) is 7.94. The highest BCUT2D eigenvalue weighted by molar-refractivity contribution is 5.52. The molecule has 1 aromatic carbocycles. The molecule has 0 aromatic heterocycles. The maximum Gasteiger partial charge on any atom is 0.231 e. The zero-order chi connectivity index (χ0) is 16.0. The van der Waals surface area contributed by atoms with Crippen molar-refractivity contribution in [1.29, 1.82) is 0 Å². The third kappa shape index (κ3) is 2.43. The van der Waals surface area contributed by atoms with Gasteiger partial charge in [-0.1, -0.05) is 13.2 Å². The van der Waals surface area contributed by atoms with Crippen molar-refractivity contribution < 1.29 is 14.2 Å². The van der Waals surface area contributed by atoms with E-state index in [-0.39, 0.29) is 0 Å². The Bertz CT molecular complexity index is 720. The highest BCUT2D eigenvalue weighted by atomic mass is 16.7. The van der Waals surface area contributed by atoms with Crippen LogP contribution >= 0.6 is 0 Å². The number of fused-ring (bicyclic) bond motifs is 4. The van der Waals surface area contributed by atoms with E-state index in [9.17, 15) is 0 Å². The summed E-state index contributed by atoms with van der Waals surface area (Å²) in [5, 5.41) is 0. The van der Waals surface area contributed by atoms with Gasteiger partial charge in [-0.25, -0.2) is 0 Å². The molecule has 3 heterocycles. The third-order valence-corrected chi connectivity index (χ3v) is 4.96. The van der Waals surface area contributed by atoms with Gasteiger partial charge in [-0.3, -0.25) is 4.90 Å². The average molecular weight is 311 g/mol. The molecule has 4 rings (SSSR count). The van der Waals surface area contributed by atoms with Gasteiger partial charge in [-0.05, 0) is 53.3 Å². The van der Waals surface area contributed by atoms with Crippen LogP contribution in [0.3, 0.4) is 0 Å². The first-order valence-electron chi connectivity index (χ1n) is 7.94. The minimum Gasteiger partial charge on any atom is -0.497 e. The zero-order valence-electron chi connectivity index (χ0n) is 13.4. The summed E-state index contributed by atoms with van der Waals surface area (Å²) in [5.74, 6) is 2.42. The number of rotatable bonds is 2. The van der Waals surface area contributed by atoms with Gasteiger partial charge < -0.3 is 14.2 Å². The Morgan fingerprint density at radius 3 is 2.91 bits per heavy atom. The molecule has 0 N–H and O–H groups in total.